The van der Waals surface area contributed by atoms with Crippen LogP contribution in [0.2, 0.25) is 0 Å². The summed E-state index contributed by atoms with van der Waals surface area (Å²) in [5.74, 6) is 0.340. The Labute approximate surface area is 206 Å². The number of fused-ring (bicyclic) bond motifs is 1. The van der Waals surface area contributed by atoms with E-state index < -0.39 is 16.1 Å². The summed E-state index contributed by atoms with van der Waals surface area (Å²) in [7, 11) is -4.05. The fourth-order valence-electron chi connectivity index (χ4n) is 3.51. The standard InChI is InChI=1S/C23H22N8O4S/c32-23(26-8-1-11-30-12-9-24-15-30)29-22-27-20-7-4-18(14-21(20)28-22)35-36(33,34)19-5-2-17(3-6-19)31-13-10-25-16-31/h2-7,9-10,12-16H,1,8,11H2,(H3,26,27,28,29,32). The summed E-state index contributed by atoms with van der Waals surface area (Å²) in [5.41, 5.74) is 1.82. The minimum atomic E-state index is -4.05. The van der Waals surface area contributed by atoms with Gasteiger partial charge < -0.3 is 23.6 Å². The van der Waals surface area contributed by atoms with E-state index in [2.05, 4.69) is 30.6 Å². The highest BCUT2D eigenvalue weighted by Gasteiger charge is 2.18. The van der Waals surface area contributed by atoms with Gasteiger partial charge in [-0.05, 0) is 42.8 Å². The van der Waals surface area contributed by atoms with Gasteiger partial charge in [0, 0.05) is 49.6 Å². The fourth-order valence-corrected chi connectivity index (χ4v) is 4.43. The van der Waals surface area contributed by atoms with Crippen LogP contribution in [0.4, 0.5) is 10.7 Å². The van der Waals surface area contributed by atoms with Crippen molar-refractivity contribution in [3.63, 3.8) is 0 Å². The van der Waals surface area contributed by atoms with Crippen LogP contribution in [0.15, 0.2) is 84.8 Å². The van der Waals surface area contributed by atoms with E-state index in [1.165, 1.54) is 24.3 Å². The molecule has 3 aromatic heterocycles. The average Bonchev–Trinajstić information content (AvgIpc) is 3.64. The summed E-state index contributed by atoms with van der Waals surface area (Å²) in [4.78, 5) is 27.4. The number of amides is 2. The highest BCUT2D eigenvalue weighted by Crippen LogP contribution is 2.24. The number of hydrogen-bond donors (Lipinski definition) is 3. The number of carbonyl (C=O) groups is 1. The Morgan fingerprint density at radius 3 is 2.58 bits per heavy atom. The van der Waals surface area contributed by atoms with Crippen molar-refractivity contribution in [3.05, 3.63) is 79.9 Å². The monoisotopic (exact) mass is 506 g/mol. The normalized spacial score (nSPS) is 11.4. The Balaban J connectivity index is 1.20. The van der Waals surface area contributed by atoms with Gasteiger partial charge in [0.25, 0.3) is 0 Å². The van der Waals surface area contributed by atoms with Crippen molar-refractivity contribution in [2.45, 2.75) is 17.9 Å². The van der Waals surface area contributed by atoms with Crippen LogP contribution < -0.4 is 14.8 Å². The molecule has 36 heavy (non-hydrogen) atoms. The maximum atomic E-state index is 12.7. The lowest BCUT2D eigenvalue weighted by Crippen LogP contribution is -2.30. The van der Waals surface area contributed by atoms with Gasteiger partial charge in [-0.15, -0.1) is 0 Å². The highest BCUT2D eigenvalue weighted by atomic mass is 32.2. The molecule has 0 bridgehead atoms. The van der Waals surface area contributed by atoms with Crippen LogP contribution in [0.3, 0.4) is 0 Å². The molecule has 3 N–H and O–H groups in total. The summed E-state index contributed by atoms with van der Waals surface area (Å²) in [6, 6.07) is 10.5. The summed E-state index contributed by atoms with van der Waals surface area (Å²) in [6.07, 6.45) is 11.0. The van der Waals surface area contributed by atoms with Gasteiger partial charge in [-0.3, -0.25) is 5.32 Å². The summed E-state index contributed by atoms with van der Waals surface area (Å²) in [5, 5.41) is 5.39. The molecule has 0 saturated carbocycles. The quantitative estimate of drug-likeness (QED) is 0.206. The molecular formula is C23H22N8O4S. The molecule has 5 aromatic rings. The molecule has 0 spiro atoms. The number of aryl methyl sites for hydroxylation is 1. The zero-order chi connectivity index (χ0) is 25.0. The van der Waals surface area contributed by atoms with Gasteiger partial charge in [0.15, 0.2) is 0 Å². The first kappa shape index (κ1) is 23.1. The number of anilines is 1. The van der Waals surface area contributed by atoms with E-state index in [4.69, 9.17) is 4.18 Å². The van der Waals surface area contributed by atoms with E-state index in [0.29, 0.717) is 17.6 Å². The Kier molecular flexibility index (Phi) is 6.36. The highest BCUT2D eigenvalue weighted by molar-refractivity contribution is 7.87. The second kappa shape index (κ2) is 9.92. The molecule has 12 nitrogen and oxygen atoms in total. The van der Waals surface area contributed by atoms with E-state index in [-0.39, 0.29) is 16.6 Å². The largest absolute Gasteiger partial charge is 0.379 e. The predicted molar refractivity (Wildman–Crippen MR) is 131 cm³/mol. The number of imidazole rings is 3. The van der Waals surface area contributed by atoms with Crippen molar-refractivity contribution >= 4 is 33.1 Å². The minimum Gasteiger partial charge on any atom is -0.379 e. The van der Waals surface area contributed by atoms with Crippen molar-refractivity contribution in [2.75, 3.05) is 11.9 Å². The zero-order valence-corrected chi connectivity index (χ0v) is 19.7. The molecule has 0 atom stereocenters. The van der Waals surface area contributed by atoms with Gasteiger partial charge in [-0.1, -0.05) is 0 Å². The second-order valence-electron chi connectivity index (χ2n) is 7.80. The maximum Gasteiger partial charge on any atom is 0.339 e. The number of urea groups is 1. The van der Waals surface area contributed by atoms with Crippen LogP contribution in [-0.2, 0) is 16.7 Å². The molecule has 5 rings (SSSR count). The Hall–Kier alpha value is -4.65. The molecule has 0 aliphatic carbocycles. The number of benzene rings is 2. The van der Waals surface area contributed by atoms with Crippen molar-refractivity contribution in [2.24, 2.45) is 0 Å². The molecule has 13 heteroatoms. The lowest BCUT2D eigenvalue weighted by Gasteiger charge is -2.08. The molecule has 2 amide bonds. The van der Waals surface area contributed by atoms with Crippen molar-refractivity contribution in [1.29, 1.82) is 0 Å². The SMILES string of the molecule is O=C(NCCCn1ccnc1)Nc1nc2ccc(OS(=O)(=O)c3ccc(-n4ccnc4)cc3)cc2[nH]1. The number of nitrogens with one attached hydrogen (secondary N) is 3. The van der Waals surface area contributed by atoms with E-state index in [1.807, 2.05) is 10.8 Å². The zero-order valence-electron chi connectivity index (χ0n) is 18.9. The first-order chi connectivity index (χ1) is 17.5. The van der Waals surface area contributed by atoms with Crippen LogP contribution in [0, 0.1) is 0 Å². The lowest BCUT2D eigenvalue weighted by atomic mass is 10.3. The third kappa shape index (κ3) is 5.36. The van der Waals surface area contributed by atoms with Gasteiger partial charge in [-0.2, -0.15) is 8.42 Å². The van der Waals surface area contributed by atoms with E-state index >= 15 is 0 Å². The molecule has 0 fully saturated rings. The van der Waals surface area contributed by atoms with E-state index in [1.54, 1.807) is 54.0 Å². The topological polar surface area (TPSA) is 149 Å². The van der Waals surface area contributed by atoms with Crippen molar-refractivity contribution in [3.8, 4) is 11.4 Å². The number of H-pyrrole nitrogens is 1. The smallest absolute Gasteiger partial charge is 0.339 e. The Morgan fingerprint density at radius 2 is 1.83 bits per heavy atom. The fraction of sp³-hybridized carbons (Fsp3) is 0.130. The van der Waals surface area contributed by atoms with Gasteiger partial charge in [-0.25, -0.2) is 19.7 Å². The second-order valence-corrected chi connectivity index (χ2v) is 9.35. The van der Waals surface area contributed by atoms with Gasteiger partial charge in [0.1, 0.15) is 10.6 Å². The average molecular weight is 507 g/mol. The molecule has 0 saturated heterocycles. The van der Waals surface area contributed by atoms with Crippen LogP contribution >= 0.6 is 0 Å². The van der Waals surface area contributed by atoms with Crippen molar-refractivity contribution < 1.29 is 17.4 Å². The Bertz CT molecular complexity index is 1560. The molecular weight excluding hydrogens is 484 g/mol. The van der Waals surface area contributed by atoms with Crippen molar-refractivity contribution in [1.82, 2.24) is 34.4 Å². The van der Waals surface area contributed by atoms with Crippen LogP contribution in [0.5, 0.6) is 5.75 Å². The third-order valence-corrected chi connectivity index (χ3v) is 6.52. The van der Waals surface area contributed by atoms with Gasteiger partial charge in [0.2, 0.25) is 5.95 Å². The van der Waals surface area contributed by atoms with E-state index in [9.17, 15) is 13.2 Å². The molecule has 0 unspecified atom stereocenters. The molecule has 0 radical (unpaired) electrons. The number of hydrogen-bond acceptors (Lipinski definition) is 7. The molecule has 0 aliphatic heterocycles. The number of nitrogens with zero attached hydrogens (tertiary/aromatic N) is 5. The first-order valence-electron chi connectivity index (χ1n) is 11.0. The first-order valence-corrected chi connectivity index (χ1v) is 12.4. The van der Waals surface area contributed by atoms with Crippen LogP contribution in [0.25, 0.3) is 16.7 Å². The van der Waals surface area contributed by atoms with E-state index in [0.717, 1.165) is 18.7 Å². The lowest BCUT2D eigenvalue weighted by molar-refractivity contribution is 0.251. The molecule has 3 heterocycles. The number of rotatable bonds is 9. The molecule has 0 aliphatic rings. The number of aromatic nitrogens is 6. The van der Waals surface area contributed by atoms with Crippen LogP contribution in [-0.4, -0.2) is 50.1 Å². The molecule has 2 aromatic carbocycles. The minimum absolute atomic E-state index is 0.0168. The van der Waals surface area contributed by atoms with Gasteiger partial charge in [0.05, 0.1) is 23.7 Å². The maximum absolute atomic E-state index is 12.7. The predicted octanol–water partition coefficient (Wildman–Crippen LogP) is 2.92. The number of aromatic amines is 1. The molecule has 184 valence electrons. The van der Waals surface area contributed by atoms with Crippen LogP contribution in [0.1, 0.15) is 6.42 Å². The summed E-state index contributed by atoms with van der Waals surface area (Å²) < 4.78 is 34.5. The number of carbonyl (C=O) groups excluding carboxylic acids is 1. The summed E-state index contributed by atoms with van der Waals surface area (Å²) in [6.45, 7) is 1.22. The Morgan fingerprint density at radius 1 is 1.03 bits per heavy atom. The third-order valence-electron chi connectivity index (χ3n) is 5.26. The van der Waals surface area contributed by atoms with Gasteiger partial charge >= 0.3 is 16.1 Å². The summed E-state index contributed by atoms with van der Waals surface area (Å²) >= 11 is 0.